The predicted octanol–water partition coefficient (Wildman–Crippen LogP) is 2.60. The van der Waals surface area contributed by atoms with E-state index in [2.05, 4.69) is 11.1 Å². The molecule has 98 valence electrons. The summed E-state index contributed by atoms with van der Waals surface area (Å²) in [6.07, 6.45) is 2.73. The first-order valence-electron chi connectivity index (χ1n) is 6.31. The lowest BCUT2D eigenvalue weighted by Crippen LogP contribution is -2.05. The summed E-state index contributed by atoms with van der Waals surface area (Å²) in [4.78, 5) is 4.28. The van der Waals surface area contributed by atoms with E-state index in [0.29, 0.717) is 11.3 Å². The summed E-state index contributed by atoms with van der Waals surface area (Å²) in [6.45, 7) is 1.92. The van der Waals surface area contributed by atoms with Crippen LogP contribution in [-0.4, -0.2) is 14.5 Å². The molecule has 1 atom stereocenters. The minimum absolute atomic E-state index is 0.540. The Labute approximate surface area is 116 Å². The Morgan fingerprint density at radius 1 is 1.30 bits per heavy atom. The van der Waals surface area contributed by atoms with E-state index in [9.17, 15) is 5.11 Å². The first kappa shape index (κ1) is 12.4. The summed E-state index contributed by atoms with van der Waals surface area (Å²) in [6, 6.07) is 13.1. The smallest absolute Gasteiger partial charge is 0.136 e. The molecule has 0 amide bonds. The number of aromatic nitrogens is 2. The topological polar surface area (TPSA) is 61.3 Å². The van der Waals surface area contributed by atoms with Crippen LogP contribution >= 0.6 is 0 Å². The number of fused-ring (bicyclic) bond motifs is 1. The maximum atomic E-state index is 10.6. The van der Waals surface area contributed by atoms with Crippen LogP contribution in [-0.2, 0) is 0 Å². The Morgan fingerprint density at radius 3 is 2.95 bits per heavy atom. The van der Waals surface area contributed by atoms with Gasteiger partial charge in [-0.15, -0.1) is 0 Å². The minimum atomic E-state index is -0.805. The lowest BCUT2D eigenvalue weighted by molar-refractivity contribution is 0.213. The monoisotopic (exact) mass is 263 g/mol. The second kappa shape index (κ2) is 4.80. The van der Waals surface area contributed by atoms with Gasteiger partial charge < -0.3 is 9.51 Å². The first-order valence-corrected chi connectivity index (χ1v) is 6.31. The van der Waals surface area contributed by atoms with Gasteiger partial charge in [-0.25, -0.2) is 4.98 Å². The van der Waals surface area contributed by atoms with Crippen LogP contribution in [0.3, 0.4) is 0 Å². The van der Waals surface area contributed by atoms with Crippen LogP contribution in [0.2, 0.25) is 0 Å². The van der Waals surface area contributed by atoms with Crippen LogP contribution in [0.1, 0.15) is 28.5 Å². The lowest BCUT2D eigenvalue weighted by atomic mass is 9.99. The number of hydrogen-bond acceptors (Lipinski definition) is 3. The molecule has 2 heterocycles. The molecule has 1 unspecified atom stereocenters. The van der Waals surface area contributed by atoms with Gasteiger partial charge in [0.15, 0.2) is 0 Å². The summed E-state index contributed by atoms with van der Waals surface area (Å²) in [7, 11) is 0. The van der Waals surface area contributed by atoms with Crippen LogP contribution in [0, 0.1) is 18.3 Å². The van der Waals surface area contributed by atoms with Crippen molar-refractivity contribution in [2.75, 3.05) is 0 Å². The summed E-state index contributed by atoms with van der Waals surface area (Å²) in [5.41, 5.74) is 3.70. The Bertz CT molecular complexity index is 814. The molecule has 3 aromatic rings. The molecule has 0 radical (unpaired) electrons. The number of rotatable bonds is 2. The van der Waals surface area contributed by atoms with E-state index >= 15 is 0 Å². The van der Waals surface area contributed by atoms with Crippen molar-refractivity contribution in [3.05, 3.63) is 71.2 Å². The van der Waals surface area contributed by atoms with Gasteiger partial charge in [-0.1, -0.05) is 12.1 Å². The summed E-state index contributed by atoms with van der Waals surface area (Å²) in [5.74, 6) is 0. The zero-order valence-electron chi connectivity index (χ0n) is 11.0. The molecule has 0 saturated heterocycles. The van der Waals surface area contributed by atoms with Gasteiger partial charge in [-0.2, -0.15) is 5.26 Å². The third kappa shape index (κ3) is 1.94. The molecular weight excluding hydrogens is 250 g/mol. The number of aliphatic hydroxyl groups excluding tert-OH is 1. The maximum absolute atomic E-state index is 10.6. The molecule has 4 nitrogen and oxygen atoms in total. The number of nitrogens with zero attached hydrogens (tertiary/aromatic N) is 3. The Morgan fingerprint density at radius 2 is 2.15 bits per heavy atom. The second-order valence-electron chi connectivity index (χ2n) is 4.70. The van der Waals surface area contributed by atoms with E-state index in [1.165, 1.54) is 0 Å². The van der Waals surface area contributed by atoms with Crippen molar-refractivity contribution in [1.82, 2.24) is 9.38 Å². The van der Waals surface area contributed by atoms with E-state index in [-0.39, 0.29) is 0 Å². The molecule has 1 aromatic carbocycles. The van der Waals surface area contributed by atoms with E-state index in [0.717, 1.165) is 16.8 Å². The first-order chi connectivity index (χ1) is 9.70. The zero-order valence-corrected chi connectivity index (χ0v) is 11.0. The van der Waals surface area contributed by atoms with Gasteiger partial charge in [0.05, 0.1) is 23.5 Å². The highest BCUT2D eigenvalue weighted by molar-refractivity contribution is 5.45. The molecule has 0 fully saturated rings. The number of imidazole rings is 1. The SMILES string of the molecule is Cc1ccc(C#N)cc1C(O)c1cnc2ccccn12. The number of benzene rings is 1. The largest absolute Gasteiger partial charge is 0.382 e. The fourth-order valence-corrected chi connectivity index (χ4v) is 2.32. The van der Waals surface area contributed by atoms with Gasteiger partial charge in [0, 0.05) is 6.20 Å². The summed E-state index contributed by atoms with van der Waals surface area (Å²) >= 11 is 0. The van der Waals surface area contributed by atoms with Crippen LogP contribution in [0.5, 0.6) is 0 Å². The van der Waals surface area contributed by atoms with E-state index in [1.807, 2.05) is 41.8 Å². The normalized spacial score (nSPS) is 12.2. The molecule has 4 heteroatoms. The minimum Gasteiger partial charge on any atom is -0.382 e. The van der Waals surface area contributed by atoms with Crippen LogP contribution in [0.15, 0.2) is 48.8 Å². The number of pyridine rings is 1. The molecule has 3 rings (SSSR count). The Hall–Kier alpha value is -2.64. The van der Waals surface area contributed by atoms with Crippen molar-refractivity contribution in [2.45, 2.75) is 13.0 Å². The molecule has 20 heavy (non-hydrogen) atoms. The number of nitriles is 1. The summed E-state index contributed by atoms with van der Waals surface area (Å²) < 4.78 is 1.85. The average molecular weight is 263 g/mol. The van der Waals surface area contributed by atoms with Gasteiger partial charge in [0.25, 0.3) is 0 Å². The Balaban J connectivity index is 2.13. The third-order valence-corrected chi connectivity index (χ3v) is 3.43. The zero-order chi connectivity index (χ0) is 14.1. The van der Waals surface area contributed by atoms with E-state index in [4.69, 9.17) is 5.26 Å². The number of aryl methyl sites for hydroxylation is 1. The van der Waals surface area contributed by atoms with Crippen molar-refractivity contribution in [2.24, 2.45) is 0 Å². The Kier molecular flexibility index (Phi) is 2.97. The van der Waals surface area contributed by atoms with Crippen molar-refractivity contribution in [1.29, 1.82) is 5.26 Å². The quantitative estimate of drug-likeness (QED) is 0.773. The van der Waals surface area contributed by atoms with Crippen molar-refractivity contribution in [3.8, 4) is 6.07 Å². The second-order valence-corrected chi connectivity index (χ2v) is 4.70. The highest BCUT2D eigenvalue weighted by Crippen LogP contribution is 2.26. The van der Waals surface area contributed by atoms with Crippen molar-refractivity contribution >= 4 is 5.65 Å². The van der Waals surface area contributed by atoms with Crippen molar-refractivity contribution < 1.29 is 5.11 Å². The van der Waals surface area contributed by atoms with Crippen LogP contribution in [0.25, 0.3) is 5.65 Å². The molecule has 2 aromatic heterocycles. The van der Waals surface area contributed by atoms with Crippen LogP contribution < -0.4 is 0 Å². The summed E-state index contributed by atoms with van der Waals surface area (Å²) in [5, 5.41) is 19.6. The molecule has 0 saturated carbocycles. The number of hydrogen-bond donors (Lipinski definition) is 1. The van der Waals surface area contributed by atoms with Gasteiger partial charge >= 0.3 is 0 Å². The molecular formula is C16H13N3O. The molecule has 0 aliphatic rings. The van der Waals surface area contributed by atoms with Gasteiger partial charge in [-0.05, 0) is 42.3 Å². The predicted molar refractivity (Wildman–Crippen MR) is 75.1 cm³/mol. The highest BCUT2D eigenvalue weighted by Gasteiger charge is 2.17. The third-order valence-electron chi connectivity index (χ3n) is 3.43. The van der Waals surface area contributed by atoms with E-state index in [1.54, 1.807) is 18.3 Å². The van der Waals surface area contributed by atoms with Crippen molar-refractivity contribution in [3.63, 3.8) is 0 Å². The molecule has 0 bridgehead atoms. The van der Waals surface area contributed by atoms with Gasteiger partial charge in [0.2, 0.25) is 0 Å². The maximum Gasteiger partial charge on any atom is 0.136 e. The molecule has 0 aliphatic carbocycles. The van der Waals surface area contributed by atoms with Gasteiger partial charge in [-0.3, -0.25) is 0 Å². The fraction of sp³-hybridized carbons (Fsp3) is 0.125. The average Bonchev–Trinajstić information content (AvgIpc) is 2.91. The molecule has 1 N–H and O–H groups in total. The van der Waals surface area contributed by atoms with E-state index < -0.39 is 6.10 Å². The lowest BCUT2D eigenvalue weighted by Gasteiger charge is -2.14. The molecule has 0 spiro atoms. The highest BCUT2D eigenvalue weighted by atomic mass is 16.3. The van der Waals surface area contributed by atoms with Gasteiger partial charge in [0.1, 0.15) is 11.8 Å². The number of aliphatic hydroxyl groups is 1. The fourth-order valence-electron chi connectivity index (χ4n) is 2.32. The van der Waals surface area contributed by atoms with Crippen LogP contribution in [0.4, 0.5) is 0 Å². The molecule has 0 aliphatic heterocycles. The standard InChI is InChI=1S/C16H13N3O/c1-11-5-6-12(9-17)8-13(11)16(20)14-10-18-15-4-2-3-7-19(14)15/h2-8,10,16,20H,1H3.